The van der Waals surface area contributed by atoms with Gasteiger partial charge in [-0.15, -0.1) is 23.5 Å². The largest absolute Gasteiger partial charge is 0.467 e. The van der Waals surface area contributed by atoms with Gasteiger partial charge in [0, 0.05) is 11.5 Å². The van der Waals surface area contributed by atoms with Crippen molar-refractivity contribution in [2.75, 3.05) is 18.6 Å². The van der Waals surface area contributed by atoms with Crippen LogP contribution in [-0.4, -0.2) is 28.7 Å². The molecule has 1 aliphatic rings. The highest BCUT2D eigenvalue weighted by molar-refractivity contribution is 8.22. The first-order valence-electron chi connectivity index (χ1n) is 3.05. The van der Waals surface area contributed by atoms with Crippen LogP contribution in [0.1, 0.15) is 6.92 Å². The van der Waals surface area contributed by atoms with Crippen LogP contribution < -0.4 is 0 Å². The Morgan fingerprint density at radius 1 is 1.50 bits per heavy atom. The molecule has 1 aliphatic heterocycles. The first-order chi connectivity index (χ1) is 4.69. The smallest absolute Gasteiger partial charge is 0.331 e. The van der Waals surface area contributed by atoms with E-state index >= 15 is 0 Å². The lowest BCUT2D eigenvalue weighted by molar-refractivity contribution is -0.140. The second-order valence-corrected chi connectivity index (χ2v) is 5.42. The van der Waals surface area contributed by atoms with Gasteiger partial charge in [-0.1, -0.05) is 0 Å². The fraction of sp³-hybridized carbons (Fsp3) is 0.833. The second-order valence-electron chi connectivity index (χ2n) is 2.13. The number of methoxy groups -OCH3 is 1. The molecule has 1 rings (SSSR count). The maximum Gasteiger partial charge on any atom is 0.331 e. The molecule has 0 bridgehead atoms. The van der Waals surface area contributed by atoms with Crippen molar-refractivity contribution in [2.45, 2.75) is 11.0 Å². The zero-order chi connectivity index (χ0) is 7.61. The number of carbonyl (C=O) groups excluding carboxylic acids is 1. The lowest BCUT2D eigenvalue weighted by atomic mass is 10.5. The van der Waals surface area contributed by atoms with E-state index in [0.29, 0.717) is 0 Å². The number of carbonyl (C=O) groups is 1. The summed E-state index contributed by atoms with van der Waals surface area (Å²) in [7, 11) is 1.44. The predicted octanol–water partition coefficient (Wildman–Crippen LogP) is 1.36. The lowest BCUT2D eigenvalue weighted by Crippen LogP contribution is -2.26. The quantitative estimate of drug-likeness (QED) is 0.566. The van der Waals surface area contributed by atoms with E-state index in [2.05, 4.69) is 4.74 Å². The molecule has 1 fully saturated rings. The molecule has 0 saturated carbocycles. The van der Waals surface area contributed by atoms with Crippen LogP contribution in [0.15, 0.2) is 0 Å². The van der Waals surface area contributed by atoms with Gasteiger partial charge in [-0.3, -0.25) is 0 Å². The van der Waals surface area contributed by atoms with Crippen LogP contribution in [0.3, 0.4) is 0 Å². The molecule has 0 unspecified atom stereocenters. The van der Waals surface area contributed by atoms with Crippen molar-refractivity contribution in [3.63, 3.8) is 0 Å². The molecule has 0 N–H and O–H groups in total. The fourth-order valence-electron chi connectivity index (χ4n) is 0.818. The Kier molecular flexibility index (Phi) is 2.52. The summed E-state index contributed by atoms with van der Waals surface area (Å²) in [5.41, 5.74) is 0. The molecule has 4 heteroatoms. The molecule has 0 radical (unpaired) electrons. The highest BCUT2D eigenvalue weighted by Gasteiger charge is 2.39. The minimum atomic E-state index is -0.325. The van der Waals surface area contributed by atoms with Crippen molar-refractivity contribution >= 4 is 29.5 Å². The first kappa shape index (κ1) is 8.27. The Balaban J connectivity index is 2.58. The van der Waals surface area contributed by atoms with Crippen molar-refractivity contribution in [1.82, 2.24) is 0 Å². The summed E-state index contributed by atoms with van der Waals surface area (Å²) in [6, 6.07) is 0. The number of hydrogen-bond donors (Lipinski definition) is 0. The van der Waals surface area contributed by atoms with Gasteiger partial charge >= 0.3 is 5.97 Å². The Bertz CT molecular complexity index is 141. The van der Waals surface area contributed by atoms with Crippen LogP contribution in [0.25, 0.3) is 0 Å². The van der Waals surface area contributed by atoms with E-state index in [4.69, 9.17) is 0 Å². The maximum atomic E-state index is 11.1. The zero-order valence-electron chi connectivity index (χ0n) is 6.05. The van der Waals surface area contributed by atoms with Crippen molar-refractivity contribution in [1.29, 1.82) is 0 Å². The van der Waals surface area contributed by atoms with Crippen LogP contribution in [0, 0.1) is 0 Å². The van der Waals surface area contributed by atoms with Crippen LogP contribution >= 0.6 is 23.5 Å². The fourth-order valence-corrected chi connectivity index (χ4v) is 3.50. The van der Waals surface area contributed by atoms with E-state index in [1.165, 1.54) is 7.11 Å². The average Bonchev–Trinajstić information content (AvgIpc) is 2.36. The topological polar surface area (TPSA) is 26.3 Å². The second kappa shape index (κ2) is 3.05. The Labute approximate surface area is 69.1 Å². The van der Waals surface area contributed by atoms with Gasteiger partial charge in [-0.2, -0.15) is 0 Å². The normalized spacial score (nSPS) is 22.6. The molecule has 0 aromatic rings. The van der Waals surface area contributed by atoms with E-state index < -0.39 is 0 Å². The number of hydrogen-bond acceptors (Lipinski definition) is 4. The highest BCUT2D eigenvalue weighted by Crippen LogP contribution is 2.43. The molecule has 0 spiro atoms. The van der Waals surface area contributed by atoms with E-state index in [1.54, 1.807) is 23.5 Å². The lowest BCUT2D eigenvalue weighted by Gasteiger charge is -2.17. The molecule has 0 aromatic heterocycles. The first-order valence-corrected chi connectivity index (χ1v) is 5.02. The van der Waals surface area contributed by atoms with E-state index in [9.17, 15) is 4.79 Å². The standard InChI is InChI=1S/C6H10O2S2/c1-6(5(7)8-2)9-3-4-10-6/h3-4H2,1-2H3. The summed E-state index contributed by atoms with van der Waals surface area (Å²) < 4.78 is 4.33. The highest BCUT2D eigenvalue weighted by atomic mass is 32.2. The number of rotatable bonds is 1. The van der Waals surface area contributed by atoms with Gasteiger partial charge < -0.3 is 4.74 Å². The minimum absolute atomic E-state index is 0.111. The molecular formula is C6H10O2S2. The molecule has 0 aliphatic carbocycles. The summed E-state index contributed by atoms with van der Waals surface area (Å²) in [5.74, 6) is 1.99. The molecule has 10 heavy (non-hydrogen) atoms. The predicted molar refractivity (Wildman–Crippen MR) is 45.3 cm³/mol. The van der Waals surface area contributed by atoms with Crippen LogP contribution in [-0.2, 0) is 9.53 Å². The van der Waals surface area contributed by atoms with Crippen LogP contribution in [0.2, 0.25) is 0 Å². The van der Waals surface area contributed by atoms with Gasteiger partial charge in [-0.25, -0.2) is 4.79 Å². The molecule has 2 nitrogen and oxygen atoms in total. The third-order valence-corrected chi connectivity index (χ3v) is 4.61. The van der Waals surface area contributed by atoms with Crippen molar-refractivity contribution in [2.24, 2.45) is 0 Å². The van der Waals surface area contributed by atoms with Crippen molar-refractivity contribution in [3.8, 4) is 0 Å². The van der Waals surface area contributed by atoms with Crippen molar-refractivity contribution < 1.29 is 9.53 Å². The van der Waals surface area contributed by atoms with Crippen LogP contribution in [0.5, 0.6) is 0 Å². The van der Waals surface area contributed by atoms with Crippen LogP contribution in [0.4, 0.5) is 0 Å². The zero-order valence-corrected chi connectivity index (χ0v) is 7.68. The van der Waals surface area contributed by atoms with Gasteiger partial charge in [0.2, 0.25) is 0 Å². The number of esters is 1. The van der Waals surface area contributed by atoms with Gasteiger partial charge in [0.25, 0.3) is 0 Å². The Hall–Kier alpha value is 0.170. The Morgan fingerprint density at radius 3 is 2.40 bits per heavy atom. The third-order valence-electron chi connectivity index (χ3n) is 1.39. The summed E-state index contributed by atoms with van der Waals surface area (Å²) in [4.78, 5) is 11.1. The molecule has 1 heterocycles. The molecule has 0 aromatic carbocycles. The summed E-state index contributed by atoms with van der Waals surface area (Å²) in [6.07, 6.45) is 0. The monoisotopic (exact) mass is 178 g/mol. The van der Waals surface area contributed by atoms with Gasteiger partial charge in [0.15, 0.2) is 4.08 Å². The summed E-state index contributed by atoms with van der Waals surface area (Å²) in [6.45, 7) is 1.92. The third kappa shape index (κ3) is 1.42. The van der Waals surface area contributed by atoms with Gasteiger partial charge in [0.1, 0.15) is 0 Å². The van der Waals surface area contributed by atoms with Crippen molar-refractivity contribution in [3.05, 3.63) is 0 Å². The number of ether oxygens (including phenoxy) is 1. The van der Waals surface area contributed by atoms with E-state index in [0.717, 1.165) is 11.5 Å². The van der Waals surface area contributed by atoms with Gasteiger partial charge in [0.05, 0.1) is 7.11 Å². The molecule has 0 atom stereocenters. The molecule has 1 saturated heterocycles. The molecular weight excluding hydrogens is 168 g/mol. The van der Waals surface area contributed by atoms with E-state index in [1.807, 2.05) is 6.92 Å². The van der Waals surface area contributed by atoms with E-state index in [-0.39, 0.29) is 10.0 Å². The Morgan fingerprint density at radius 2 is 2.00 bits per heavy atom. The average molecular weight is 178 g/mol. The summed E-state index contributed by atoms with van der Waals surface area (Å²) >= 11 is 3.33. The SMILES string of the molecule is COC(=O)C1(C)SCCS1. The van der Waals surface area contributed by atoms with Gasteiger partial charge in [-0.05, 0) is 6.92 Å². The summed E-state index contributed by atoms with van der Waals surface area (Å²) in [5, 5.41) is 0. The molecule has 58 valence electrons. The maximum absolute atomic E-state index is 11.1. The minimum Gasteiger partial charge on any atom is -0.467 e. The molecule has 0 amide bonds. The number of thioether (sulfide) groups is 2.